The van der Waals surface area contributed by atoms with Crippen LogP contribution in [-0.2, 0) is 7.05 Å². The summed E-state index contributed by atoms with van der Waals surface area (Å²) in [6.07, 6.45) is 1.95. The van der Waals surface area contributed by atoms with Crippen molar-refractivity contribution in [2.75, 3.05) is 0 Å². The Labute approximate surface area is 97.3 Å². The number of aryl methyl sites for hydroxylation is 2. The maximum atomic E-state index is 13.6. The fraction of sp³-hybridized carbons (Fsp3) is 0.250. The topological polar surface area (TPSA) is 38.1 Å². The SMILES string of the molecule is Cc1cc(C(O)c2nccn2C)c(F)cc1F. The Morgan fingerprint density at radius 2 is 2.00 bits per heavy atom. The second kappa shape index (κ2) is 4.25. The summed E-state index contributed by atoms with van der Waals surface area (Å²) < 4.78 is 28.3. The second-order valence-electron chi connectivity index (χ2n) is 3.92. The summed E-state index contributed by atoms with van der Waals surface area (Å²) in [5.41, 5.74) is 0.313. The number of hydrogen-bond acceptors (Lipinski definition) is 2. The van der Waals surface area contributed by atoms with Gasteiger partial charge in [0.1, 0.15) is 23.6 Å². The molecule has 0 bridgehead atoms. The summed E-state index contributed by atoms with van der Waals surface area (Å²) in [5, 5.41) is 10.0. The summed E-state index contributed by atoms with van der Waals surface area (Å²) in [6.45, 7) is 1.52. The van der Waals surface area contributed by atoms with E-state index in [0.29, 0.717) is 5.82 Å². The first-order valence-corrected chi connectivity index (χ1v) is 5.11. The number of nitrogens with zero attached hydrogens (tertiary/aromatic N) is 2. The van der Waals surface area contributed by atoms with E-state index in [-0.39, 0.29) is 11.1 Å². The van der Waals surface area contributed by atoms with Crippen LogP contribution in [0.4, 0.5) is 8.78 Å². The van der Waals surface area contributed by atoms with Crippen LogP contribution in [0.25, 0.3) is 0 Å². The van der Waals surface area contributed by atoms with Gasteiger partial charge in [-0.25, -0.2) is 13.8 Å². The first-order chi connectivity index (χ1) is 8.00. The van der Waals surface area contributed by atoms with Gasteiger partial charge in [0.05, 0.1) is 0 Å². The van der Waals surface area contributed by atoms with E-state index in [4.69, 9.17) is 0 Å². The summed E-state index contributed by atoms with van der Waals surface area (Å²) in [4.78, 5) is 3.94. The monoisotopic (exact) mass is 238 g/mol. The summed E-state index contributed by atoms with van der Waals surface area (Å²) in [5.74, 6) is -1.09. The molecule has 1 heterocycles. The van der Waals surface area contributed by atoms with Crippen molar-refractivity contribution in [1.82, 2.24) is 9.55 Å². The van der Waals surface area contributed by atoms with Crippen LogP contribution < -0.4 is 0 Å². The van der Waals surface area contributed by atoms with Crippen LogP contribution >= 0.6 is 0 Å². The Hall–Kier alpha value is -1.75. The zero-order valence-corrected chi connectivity index (χ0v) is 9.48. The lowest BCUT2D eigenvalue weighted by Crippen LogP contribution is -2.09. The lowest BCUT2D eigenvalue weighted by Gasteiger charge is -2.13. The van der Waals surface area contributed by atoms with Crippen LogP contribution in [0, 0.1) is 18.6 Å². The van der Waals surface area contributed by atoms with Gasteiger partial charge in [-0.15, -0.1) is 0 Å². The summed E-state index contributed by atoms with van der Waals surface area (Å²) in [6, 6.07) is 2.07. The molecule has 0 amide bonds. The molecule has 1 aromatic carbocycles. The van der Waals surface area contributed by atoms with Gasteiger partial charge in [-0.2, -0.15) is 0 Å². The molecule has 90 valence electrons. The highest BCUT2D eigenvalue weighted by molar-refractivity contribution is 5.30. The molecule has 3 nitrogen and oxygen atoms in total. The third kappa shape index (κ3) is 2.06. The number of hydrogen-bond donors (Lipinski definition) is 1. The number of aromatic nitrogens is 2. The molecule has 0 aliphatic heterocycles. The lowest BCUT2D eigenvalue weighted by molar-refractivity contribution is 0.201. The fourth-order valence-corrected chi connectivity index (χ4v) is 1.67. The Kier molecular flexibility index (Phi) is 2.93. The third-order valence-electron chi connectivity index (χ3n) is 2.68. The van der Waals surface area contributed by atoms with Crippen molar-refractivity contribution in [2.24, 2.45) is 7.05 Å². The minimum atomic E-state index is -1.20. The molecule has 0 saturated carbocycles. The molecule has 0 aliphatic carbocycles. The fourth-order valence-electron chi connectivity index (χ4n) is 1.67. The minimum absolute atomic E-state index is 0.0261. The van der Waals surface area contributed by atoms with E-state index in [1.807, 2.05) is 0 Å². The zero-order valence-electron chi connectivity index (χ0n) is 9.48. The van der Waals surface area contributed by atoms with Crippen LogP contribution in [0.2, 0.25) is 0 Å². The van der Waals surface area contributed by atoms with Crippen LogP contribution in [0.15, 0.2) is 24.5 Å². The van der Waals surface area contributed by atoms with Crippen molar-refractivity contribution in [2.45, 2.75) is 13.0 Å². The van der Waals surface area contributed by atoms with Gasteiger partial charge >= 0.3 is 0 Å². The largest absolute Gasteiger partial charge is 0.380 e. The number of benzene rings is 1. The molecule has 0 spiro atoms. The Balaban J connectivity index is 2.48. The first kappa shape index (κ1) is 11.7. The van der Waals surface area contributed by atoms with Crippen molar-refractivity contribution in [3.8, 4) is 0 Å². The molecule has 0 aliphatic rings. The third-order valence-corrected chi connectivity index (χ3v) is 2.68. The maximum Gasteiger partial charge on any atom is 0.142 e. The van der Waals surface area contributed by atoms with Crippen molar-refractivity contribution in [3.63, 3.8) is 0 Å². The average Bonchev–Trinajstić information content (AvgIpc) is 2.69. The minimum Gasteiger partial charge on any atom is -0.380 e. The Bertz CT molecular complexity index is 551. The van der Waals surface area contributed by atoms with Gasteiger partial charge in [-0.05, 0) is 18.6 Å². The van der Waals surface area contributed by atoms with Gasteiger partial charge in [0.25, 0.3) is 0 Å². The number of imidazole rings is 1. The zero-order chi connectivity index (χ0) is 12.6. The van der Waals surface area contributed by atoms with Crippen LogP contribution in [0.3, 0.4) is 0 Å². The molecule has 0 radical (unpaired) electrons. The number of rotatable bonds is 2. The van der Waals surface area contributed by atoms with Crippen molar-refractivity contribution < 1.29 is 13.9 Å². The smallest absolute Gasteiger partial charge is 0.142 e. The molecule has 1 atom stereocenters. The van der Waals surface area contributed by atoms with Gasteiger partial charge in [-0.1, -0.05) is 0 Å². The number of aliphatic hydroxyl groups excluding tert-OH is 1. The molecule has 17 heavy (non-hydrogen) atoms. The molecule has 2 rings (SSSR count). The average molecular weight is 238 g/mol. The van der Waals surface area contributed by atoms with Crippen LogP contribution in [0.5, 0.6) is 0 Å². The van der Waals surface area contributed by atoms with E-state index in [1.165, 1.54) is 19.2 Å². The van der Waals surface area contributed by atoms with E-state index in [1.54, 1.807) is 17.8 Å². The summed E-state index contributed by atoms with van der Waals surface area (Å²) in [7, 11) is 1.69. The predicted octanol–water partition coefficient (Wildman–Crippen LogP) is 2.09. The van der Waals surface area contributed by atoms with Crippen LogP contribution in [-0.4, -0.2) is 14.7 Å². The van der Waals surface area contributed by atoms with E-state index < -0.39 is 17.7 Å². The van der Waals surface area contributed by atoms with Gasteiger partial charge in [0, 0.05) is 31.1 Å². The lowest BCUT2D eigenvalue weighted by atomic mass is 10.0. The molecule has 1 aromatic heterocycles. The van der Waals surface area contributed by atoms with E-state index in [2.05, 4.69) is 4.98 Å². The highest BCUT2D eigenvalue weighted by atomic mass is 19.1. The Morgan fingerprint density at radius 1 is 1.29 bits per heavy atom. The maximum absolute atomic E-state index is 13.6. The molecule has 1 unspecified atom stereocenters. The molecular formula is C12H12F2N2O. The highest BCUT2D eigenvalue weighted by Crippen LogP contribution is 2.25. The first-order valence-electron chi connectivity index (χ1n) is 5.11. The molecule has 5 heteroatoms. The van der Waals surface area contributed by atoms with Crippen molar-refractivity contribution in [3.05, 3.63) is 53.1 Å². The molecule has 0 saturated heterocycles. The Morgan fingerprint density at radius 3 is 2.59 bits per heavy atom. The standard InChI is InChI=1S/C12H12F2N2O/c1-7-5-8(10(14)6-9(7)13)11(17)12-15-3-4-16(12)2/h3-6,11,17H,1-2H3. The van der Waals surface area contributed by atoms with Gasteiger partial charge < -0.3 is 9.67 Å². The van der Waals surface area contributed by atoms with E-state index >= 15 is 0 Å². The quantitative estimate of drug-likeness (QED) is 0.870. The predicted molar refractivity (Wildman–Crippen MR) is 58.4 cm³/mol. The van der Waals surface area contributed by atoms with E-state index in [0.717, 1.165) is 6.07 Å². The molecule has 0 fully saturated rings. The normalized spacial score (nSPS) is 12.8. The van der Waals surface area contributed by atoms with Crippen molar-refractivity contribution in [1.29, 1.82) is 0 Å². The van der Waals surface area contributed by atoms with Gasteiger partial charge in [0.15, 0.2) is 0 Å². The number of aliphatic hydroxyl groups is 1. The highest BCUT2D eigenvalue weighted by Gasteiger charge is 2.20. The van der Waals surface area contributed by atoms with Crippen molar-refractivity contribution >= 4 is 0 Å². The second-order valence-corrected chi connectivity index (χ2v) is 3.92. The summed E-state index contributed by atoms with van der Waals surface area (Å²) >= 11 is 0. The van der Waals surface area contributed by atoms with Gasteiger partial charge in [0.2, 0.25) is 0 Å². The molecule has 2 aromatic rings. The number of halogens is 2. The van der Waals surface area contributed by atoms with E-state index in [9.17, 15) is 13.9 Å². The molecule has 1 N–H and O–H groups in total. The molecular weight excluding hydrogens is 226 g/mol. The van der Waals surface area contributed by atoms with Crippen LogP contribution in [0.1, 0.15) is 23.1 Å². The van der Waals surface area contributed by atoms with Gasteiger partial charge in [-0.3, -0.25) is 0 Å².